The molecule has 4 aromatic rings. The average Bonchev–Trinajstić information content (AvgIpc) is 3.27. The Labute approximate surface area is 212 Å². The Kier molecular flexibility index (Phi) is 8.29. The maximum Gasteiger partial charge on any atom is 0.262 e. The predicted octanol–water partition coefficient (Wildman–Crippen LogP) is 5.32. The Morgan fingerprint density at radius 2 is 1.79 bits per heavy atom. The fraction of sp³-hybridized carbons (Fsp3) is 0.0833. The summed E-state index contributed by atoms with van der Waals surface area (Å²) < 4.78 is 8.40. The molecule has 0 fully saturated rings. The maximum absolute atomic E-state index is 12.0. The number of hydrogen-bond donors (Lipinski definition) is 2. The molecule has 0 saturated carbocycles. The molecular formula is C24H19BrN4O3S2. The lowest BCUT2D eigenvalue weighted by atomic mass is 10.2. The first-order chi connectivity index (χ1) is 16.5. The van der Waals surface area contributed by atoms with Gasteiger partial charge < -0.3 is 10.1 Å². The largest absolute Gasteiger partial charge is 0.484 e. The molecule has 10 heteroatoms. The summed E-state index contributed by atoms with van der Waals surface area (Å²) in [5.74, 6) is 0.322. The number of amides is 2. The van der Waals surface area contributed by atoms with Crippen LogP contribution in [-0.4, -0.2) is 35.4 Å². The highest BCUT2D eigenvalue weighted by Gasteiger charge is 2.07. The fourth-order valence-corrected chi connectivity index (χ4v) is 4.91. The number of thiazole rings is 1. The highest BCUT2D eigenvalue weighted by atomic mass is 79.9. The first-order valence-corrected chi connectivity index (χ1v) is 12.7. The van der Waals surface area contributed by atoms with Gasteiger partial charge in [0.05, 0.1) is 22.2 Å². The minimum Gasteiger partial charge on any atom is -0.484 e. The molecule has 1 aromatic heterocycles. The van der Waals surface area contributed by atoms with Crippen molar-refractivity contribution in [3.05, 3.63) is 82.8 Å². The summed E-state index contributed by atoms with van der Waals surface area (Å²) in [6.45, 7) is -0.105. The number of nitrogens with zero attached hydrogens (tertiary/aromatic N) is 2. The van der Waals surface area contributed by atoms with Gasteiger partial charge in [0, 0.05) is 10.2 Å². The van der Waals surface area contributed by atoms with Gasteiger partial charge in [0.25, 0.3) is 11.8 Å². The van der Waals surface area contributed by atoms with Gasteiger partial charge in [-0.25, -0.2) is 10.4 Å². The molecule has 3 aromatic carbocycles. The predicted molar refractivity (Wildman–Crippen MR) is 141 cm³/mol. The summed E-state index contributed by atoms with van der Waals surface area (Å²) >= 11 is 6.30. The van der Waals surface area contributed by atoms with E-state index in [9.17, 15) is 9.59 Å². The number of carbonyl (C=O) groups is 2. The number of rotatable bonds is 9. The van der Waals surface area contributed by atoms with Gasteiger partial charge in [0.1, 0.15) is 5.75 Å². The van der Waals surface area contributed by atoms with E-state index in [1.807, 2.05) is 36.4 Å². The zero-order valence-corrected chi connectivity index (χ0v) is 21.0. The van der Waals surface area contributed by atoms with Crippen molar-refractivity contribution in [3.8, 4) is 5.75 Å². The van der Waals surface area contributed by atoms with Gasteiger partial charge >= 0.3 is 0 Å². The smallest absolute Gasteiger partial charge is 0.262 e. The maximum atomic E-state index is 12.0. The molecule has 0 aliphatic carbocycles. The van der Waals surface area contributed by atoms with Crippen LogP contribution in [0.3, 0.4) is 0 Å². The Morgan fingerprint density at radius 1 is 1.03 bits per heavy atom. The number of nitrogens with one attached hydrogen (secondary N) is 2. The van der Waals surface area contributed by atoms with Crippen molar-refractivity contribution in [2.75, 3.05) is 17.7 Å². The molecule has 0 aliphatic rings. The van der Waals surface area contributed by atoms with Crippen molar-refractivity contribution < 1.29 is 14.3 Å². The molecule has 2 amide bonds. The number of anilines is 1. The molecule has 34 heavy (non-hydrogen) atoms. The molecule has 2 N–H and O–H groups in total. The number of fused-ring (bicyclic) bond motifs is 1. The van der Waals surface area contributed by atoms with E-state index in [0.29, 0.717) is 11.4 Å². The van der Waals surface area contributed by atoms with E-state index in [0.717, 1.165) is 24.6 Å². The Morgan fingerprint density at radius 3 is 2.56 bits per heavy atom. The molecular weight excluding hydrogens is 536 g/mol. The first-order valence-electron chi connectivity index (χ1n) is 10.1. The van der Waals surface area contributed by atoms with Crippen molar-refractivity contribution >= 4 is 73.0 Å². The molecule has 0 unspecified atom stereocenters. The second kappa shape index (κ2) is 11.8. The Hall–Kier alpha value is -3.21. The standard InChI is InChI=1S/C24H19BrN4O3S2/c25-17-7-9-18(10-8-17)27-22(30)14-32-19-11-5-16(6-12-19)13-26-29-23(31)15-33-24-28-20-3-1-2-4-21(20)34-24/h1-13H,14-15H2,(H,27,30)(H,29,31)/b26-13-. The van der Waals surface area contributed by atoms with Crippen molar-refractivity contribution in [1.29, 1.82) is 0 Å². The van der Waals surface area contributed by atoms with Crippen LogP contribution in [0.4, 0.5) is 5.69 Å². The summed E-state index contributed by atoms with van der Waals surface area (Å²) in [4.78, 5) is 28.6. The molecule has 4 rings (SSSR count). The van der Waals surface area contributed by atoms with Crippen LogP contribution in [0.2, 0.25) is 0 Å². The summed E-state index contributed by atoms with van der Waals surface area (Å²) in [6, 6.07) is 22.2. The van der Waals surface area contributed by atoms with Crippen LogP contribution in [0.1, 0.15) is 5.56 Å². The summed E-state index contributed by atoms with van der Waals surface area (Å²) in [7, 11) is 0. The topological polar surface area (TPSA) is 92.7 Å². The van der Waals surface area contributed by atoms with E-state index < -0.39 is 0 Å². The van der Waals surface area contributed by atoms with Gasteiger partial charge in [0.15, 0.2) is 10.9 Å². The normalized spacial score (nSPS) is 11.0. The van der Waals surface area contributed by atoms with Crippen LogP contribution in [0.25, 0.3) is 10.2 Å². The lowest BCUT2D eigenvalue weighted by Gasteiger charge is -2.08. The van der Waals surface area contributed by atoms with Gasteiger partial charge in [-0.15, -0.1) is 11.3 Å². The second-order valence-electron chi connectivity index (χ2n) is 6.94. The quantitative estimate of drug-likeness (QED) is 0.166. The van der Waals surface area contributed by atoms with Gasteiger partial charge in [-0.2, -0.15) is 5.10 Å². The third-order valence-electron chi connectivity index (χ3n) is 4.38. The lowest BCUT2D eigenvalue weighted by Crippen LogP contribution is -2.20. The van der Waals surface area contributed by atoms with Gasteiger partial charge in [-0.1, -0.05) is 39.8 Å². The van der Waals surface area contributed by atoms with Crippen LogP contribution in [-0.2, 0) is 9.59 Å². The van der Waals surface area contributed by atoms with Gasteiger partial charge in [0.2, 0.25) is 0 Å². The number of ether oxygens (including phenoxy) is 1. The summed E-state index contributed by atoms with van der Waals surface area (Å²) in [6.07, 6.45) is 1.55. The van der Waals surface area contributed by atoms with Crippen LogP contribution < -0.4 is 15.5 Å². The number of aromatic nitrogens is 1. The SMILES string of the molecule is O=C(CSc1nc2ccccc2s1)N/N=C\c1ccc(OCC(=O)Nc2ccc(Br)cc2)cc1. The lowest BCUT2D eigenvalue weighted by molar-refractivity contribution is -0.119. The van der Waals surface area contributed by atoms with Crippen molar-refractivity contribution in [1.82, 2.24) is 10.4 Å². The number of halogens is 1. The van der Waals surface area contributed by atoms with Crippen LogP contribution in [0.5, 0.6) is 5.75 Å². The van der Waals surface area contributed by atoms with Crippen molar-refractivity contribution in [2.24, 2.45) is 5.10 Å². The average molecular weight is 555 g/mol. The molecule has 7 nitrogen and oxygen atoms in total. The fourth-order valence-electron chi connectivity index (χ4n) is 2.78. The third kappa shape index (κ3) is 7.14. The summed E-state index contributed by atoms with van der Waals surface area (Å²) in [5, 5.41) is 6.76. The molecule has 0 spiro atoms. The van der Waals surface area contributed by atoms with Gasteiger partial charge in [-0.3, -0.25) is 9.59 Å². The highest BCUT2D eigenvalue weighted by Crippen LogP contribution is 2.29. The number of hydrogen-bond acceptors (Lipinski definition) is 7. The molecule has 0 atom stereocenters. The van der Waals surface area contributed by atoms with E-state index >= 15 is 0 Å². The van der Waals surface area contributed by atoms with E-state index in [-0.39, 0.29) is 24.2 Å². The molecule has 0 aliphatic heterocycles. The molecule has 0 bridgehead atoms. The van der Waals surface area contributed by atoms with Crippen LogP contribution in [0.15, 0.2) is 86.7 Å². The first kappa shape index (κ1) is 23.9. The minimum absolute atomic E-state index is 0.105. The van der Waals surface area contributed by atoms with Crippen LogP contribution in [0, 0.1) is 0 Å². The molecule has 1 heterocycles. The second-order valence-corrected chi connectivity index (χ2v) is 10.1. The number of benzene rings is 3. The molecule has 172 valence electrons. The van der Waals surface area contributed by atoms with E-state index in [1.165, 1.54) is 11.8 Å². The summed E-state index contributed by atoms with van der Waals surface area (Å²) in [5.41, 5.74) is 4.93. The van der Waals surface area contributed by atoms with Crippen LogP contribution >= 0.6 is 39.0 Å². The van der Waals surface area contributed by atoms with Gasteiger partial charge in [-0.05, 0) is 66.2 Å². The van der Waals surface area contributed by atoms with E-state index in [1.54, 1.807) is 53.9 Å². The highest BCUT2D eigenvalue weighted by molar-refractivity contribution is 9.10. The minimum atomic E-state index is -0.251. The third-order valence-corrected chi connectivity index (χ3v) is 7.09. The number of para-hydroxylation sites is 1. The number of carbonyl (C=O) groups excluding carboxylic acids is 2. The number of thioether (sulfide) groups is 1. The Bertz CT molecular complexity index is 1280. The Balaban J connectivity index is 1.18. The number of hydrazone groups is 1. The molecule has 0 saturated heterocycles. The van der Waals surface area contributed by atoms with E-state index in [2.05, 4.69) is 36.8 Å². The van der Waals surface area contributed by atoms with Crippen molar-refractivity contribution in [2.45, 2.75) is 4.34 Å². The zero-order chi connectivity index (χ0) is 23.8. The zero-order valence-electron chi connectivity index (χ0n) is 17.7. The van der Waals surface area contributed by atoms with E-state index in [4.69, 9.17) is 4.74 Å². The monoisotopic (exact) mass is 554 g/mol. The van der Waals surface area contributed by atoms with Crippen molar-refractivity contribution in [3.63, 3.8) is 0 Å². The molecule has 0 radical (unpaired) electrons.